The number of rotatable bonds is 7. The van der Waals surface area contributed by atoms with Crippen molar-refractivity contribution in [3.63, 3.8) is 0 Å². The Morgan fingerprint density at radius 3 is 1.40 bits per heavy atom. The van der Waals surface area contributed by atoms with Crippen molar-refractivity contribution in [1.29, 1.82) is 10.5 Å². The second kappa shape index (κ2) is 8.76. The molecule has 0 aromatic heterocycles. The van der Waals surface area contributed by atoms with Crippen molar-refractivity contribution < 1.29 is 9.47 Å². The Morgan fingerprint density at radius 1 is 0.760 bits per heavy atom. The molecule has 0 aliphatic carbocycles. The summed E-state index contributed by atoms with van der Waals surface area (Å²) in [6, 6.07) is 15.4. The van der Waals surface area contributed by atoms with Gasteiger partial charge in [-0.1, -0.05) is 51.5 Å². The van der Waals surface area contributed by atoms with E-state index >= 15 is 0 Å². The van der Waals surface area contributed by atoms with Crippen molar-refractivity contribution in [2.45, 2.75) is 39.0 Å². The second-order valence-corrected chi connectivity index (χ2v) is 6.17. The quantitative estimate of drug-likeness (QED) is 0.641. The first kappa shape index (κ1) is 18.4. The minimum Gasteiger partial charge on any atom is -0.388 e. The molecule has 2 unspecified atom stereocenters. The van der Waals surface area contributed by atoms with Gasteiger partial charge in [0.15, 0.2) is 0 Å². The highest BCUT2D eigenvalue weighted by molar-refractivity contribution is 5.33. The first-order valence-electron chi connectivity index (χ1n) is 8.42. The zero-order valence-corrected chi connectivity index (χ0v) is 14.8. The summed E-state index contributed by atoms with van der Waals surface area (Å²) >= 11 is 0. The largest absolute Gasteiger partial charge is 0.388 e. The van der Waals surface area contributed by atoms with E-state index in [2.05, 4.69) is 20.8 Å². The van der Waals surface area contributed by atoms with Gasteiger partial charge in [-0.05, 0) is 53.1 Å². The summed E-state index contributed by atoms with van der Waals surface area (Å²) in [5, 5.41) is 17.2. The number of nitrogens with zero attached hydrogens (tertiary/aromatic N) is 2. The van der Waals surface area contributed by atoms with Gasteiger partial charge in [-0.2, -0.15) is 0 Å². The van der Waals surface area contributed by atoms with E-state index < -0.39 is 0 Å². The molecular formula is C21H22N2O2. The summed E-state index contributed by atoms with van der Waals surface area (Å²) in [5.74, 6) is 2.32. The third-order valence-corrected chi connectivity index (χ3v) is 4.89. The molecule has 4 nitrogen and oxygen atoms in total. The zero-order chi connectivity index (χ0) is 18.2. The molecule has 0 aliphatic rings. The maximum absolute atomic E-state index is 8.58. The van der Waals surface area contributed by atoms with Crippen LogP contribution in [0.1, 0.15) is 50.2 Å². The van der Waals surface area contributed by atoms with Gasteiger partial charge in [-0.3, -0.25) is 0 Å². The average molecular weight is 334 g/mol. The van der Waals surface area contributed by atoms with Crippen LogP contribution >= 0.6 is 0 Å². The van der Waals surface area contributed by atoms with Gasteiger partial charge in [0.2, 0.25) is 0 Å². The Bertz CT molecular complexity index is 689. The van der Waals surface area contributed by atoms with E-state index in [1.807, 2.05) is 48.5 Å². The van der Waals surface area contributed by atoms with E-state index in [-0.39, 0.29) is 0 Å². The molecule has 2 aromatic carbocycles. The van der Waals surface area contributed by atoms with Crippen LogP contribution in [0.3, 0.4) is 0 Å². The first-order valence-corrected chi connectivity index (χ1v) is 8.42. The maximum Gasteiger partial charge on any atom is 0.292 e. The van der Waals surface area contributed by atoms with Crippen LogP contribution in [0, 0.1) is 29.0 Å². The van der Waals surface area contributed by atoms with Gasteiger partial charge in [0.05, 0.1) is 0 Å². The monoisotopic (exact) mass is 334 g/mol. The molecule has 0 N–H and O–H groups in total. The fourth-order valence-electron chi connectivity index (χ4n) is 3.42. The standard InChI is InChI=1S/C21H22N2O2/c1-4-21(15(2)17-5-9-19(10-6-17)24-13-22)16(3)18-7-11-20(12-8-18)25-14-23/h5-12,15-16,21H,4H2,1-3H3. The van der Waals surface area contributed by atoms with Crippen LogP contribution in [0.5, 0.6) is 11.5 Å². The predicted octanol–water partition coefficient (Wildman–Crippen LogP) is 5.34. The second-order valence-electron chi connectivity index (χ2n) is 6.17. The Balaban J connectivity index is 2.16. The number of hydrogen-bond acceptors (Lipinski definition) is 4. The molecular weight excluding hydrogens is 312 g/mol. The van der Waals surface area contributed by atoms with Gasteiger partial charge >= 0.3 is 0 Å². The van der Waals surface area contributed by atoms with E-state index in [4.69, 9.17) is 20.0 Å². The molecule has 0 saturated carbocycles. The van der Waals surface area contributed by atoms with Crippen molar-refractivity contribution in [3.8, 4) is 24.0 Å². The minimum atomic E-state index is 0.367. The molecule has 25 heavy (non-hydrogen) atoms. The normalized spacial score (nSPS) is 13.8. The van der Waals surface area contributed by atoms with E-state index in [0.29, 0.717) is 29.3 Å². The molecule has 0 fully saturated rings. The van der Waals surface area contributed by atoms with Crippen LogP contribution in [0.2, 0.25) is 0 Å². The molecule has 0 aliphatic heterocycles. The van der Waals surface area contributed by atoms with Gasteiger partial charge in [0.1, 0.15) is 11.5 Å². The third-order valence-electron chi connectivity index (χ3n) is 4.89. The Morgan fingerprint density at radius 2 is 1.12 bits per heavy atom. The average Bonchev–Trinajstić information content (AvgIpc) is 2.64. The summed E-state index contributed by atoms with van der Waals surface area (Å²) in [5.41, 5.74) is 2.46. The summed E-state index contributed by atoms with van der Waals surface area (Å²) in [6.45, 7) is 6.67. The fourth-order valence-corrected chi connectivity index (χ4v) is 3.42. The van der Waals surface area contributed by atoms with Gasteiger partial charge in [0, 0.05) is 0 Å². The number of nitriles is 2. The summed E-state index contributed by atoms with van der Waals surface area (Å²) in [4.78, 5) is 0. The molecule has 2 atom stereocenters. The van der Waals surface area contributed by atoms with E-state index in [0.717, 1.165) is 6.42 Å². The molecule has 2 rings (SSSR count). The Labute approximate surface area is 149 Å². The highest BCUT2D eigenvalue weighted by Crippen LogP contribution is 2.38. The lowest BCUT2D eigenvalue weighted by atomic mass is 9.75. The molecule has 4 heteroatoms. The van der Waals surface area contributed by atoms with Crippen LogP contribution in [-0.4, -0.2) is 0 Å². The topological polar surface area (TPSA) is 66.0 Å². The van der Waals surface area contributed by atoms with Crippen molar-refractivity contribution in [2.75, 3.05) is 0 Å². The van der Waals surface area contributed by atoms with Crippen molar-refractivity contribution >= 4 is 0 Å². The van der Waals surface area contributed by atoms with Crippen molar-refractivity contribution in [2.24, 2.45) is 5.92 Å². The lowest BCUT2D eigenvalue weighted by molar-refractivity contribution is 0.370. The van der Waals surface area contributed by atoms with Gasteiger partial charge in [-0.25, -0.2) is 0 Å². The Kier molecular flexibility index (Phi) is 6.43. The lowest BCUT2D eigenvalue weighted by Crippen LogP contribution is -2.16. The fraction of sp³-hybridized carbons (Fsp3) is 0.333. The third kappa shape index (κ3) is 4.52. The number of benzene rings is 2. The van der Waals surface area contributed by atoms with Crippen LogP contribution in [-0.2, 0) is 0 Å². The molecule has 0 bridgehead atoms. The molecule has 0 spiro atoms. The summed E-state index contributed by atoms with van der Waals surface area (Å²) in [7, 11) is 0. The van der Waals surface area contributed by atoms with Crippen LogP contribution in [0.25, 0.3) is 0 Å². The molecule has 0 radical (unpaired) electrons. The Hall–Kier alpha value is -2.98. The number of ether oxygens (including phenoxy) is 2. The smallest absolute Gasteiger partial charge is 0.292 e. The van der Waals surface area contributed by atoms with Gasteiger partial charge in [-0.15, -0.1) is 10.5 Å². The van der Waals surface area contributed by atoms with Crippen LogP contribution in [0.4, 0.5) is 0 Å². The zero-order valence-electron chi connectivity index (χ0n) is 14.8. The van der Waals surface area contributed by atoms with E-state index in [1.165, 1.54) is 11.1 Å². The molecule has 0 saturated heterocycles. The highest BCUT2D eigenvalue weighted by Gasteiger charge is 2.24. The lowest BCUT2D eigenvalue weighted by Gasteiger charge is -2.29. The van der Waals surface area contributed by atoms with E-state index in [9.17, 15) is 0 Å². The first-order chi connectivity index (χ1) is 12.1. The molecule has 2 aromatic rings. The van der Waals surface area contributed by atoms with E-state index in [1.54, 1.807) is 12.5 Å². The SMILES string of the molecule is CCC(C(C)c1ccc(OC#N)cc1)C(C)c1ccc(OC#N)cc1. The van der Waals surface area contributed by atoms with Gasteiger partial charge < -0.3 is 9.47 Å². The summed E-state index contributed by atoms with van der Waals surface area (Å²) in [6.07, 6.45) is 4.43. The minimum absolute atomic E-state index is 0.367. The van der Waals surface area contributed by atoms with Crippen LogP contribution < -0.4 is 9.47 Å². The number of hydrogen-bond donors (Lipinski definition) is 0. The van der Waals surface area contributed by atoms with Gasteiger partial charge in [0.25, 0.3) is 12.5 Å². The molecule has 0 heterocycles. The maximum atomic E-state index is 8.58. The van der Waals surface area contributed by atoms with Crippen LogP contribution in [0.15, 0.2) is 48.5 Å². The molecule has 0 amide bonds. The van der Waals surface area contributed by atoms with Crippen molar-refractivity contribution in [3.05, 3.63) is 59.7 Å². The summed E-state index contributed by atoms with van der Waals surface area (Å²) < 4.78 is 9.69. The van der Waals surface area contributed by atoms with Crippen molar-refractivity contribution in [1.82, 2.24) is 0 Å². The predicted molar refractivity (Wildman–Crippen MR) is 96.0 cm³/mol. The highest BCUT2D eigenvalue weighted by atomic mass is 16.5. The molecule has 128 valence electrons.